The third-order valence-corrected chi connectivity index (χ3v) is 4.09. The molecule has 0 spiro atoms. The molecule has 0 aromatic heterocycles. The fourth-order valence-corrected chi connectivity index (χ4v) is 2.99. The van der Waals surface area contributed by atoms with Gasteiger partial charge in [-0.25, -0.2) is 18.4 Å². The van der Waals surface area contributed by atoms with Crippen LogP contribution in [0.4, 0.5) is 16.2 Å². The standard InChI is InChI=1S/C18H22N4O4S/c1-12(2)20-18(24)22-16-8-4-6-14(10-16)17(23)21-15-7-3-5-13(9-15)11-27(19,25)26/h3-10,12H,11H2,1-2H3,(H,21,23)(H2,19,25,26)(H2,20,22,24). The van der Waals surface area contributed by atoms with Crippen LogP contribution in [-0.2, 0) is 15.8 Å². The zero-order valence-corrected chi connectivity index (χ0v) is 15.8. The molecular formula is C18H22N4O4S. The van der Waals surface area contributed by atoms with Crippen LogP contribution in [0.5, 0.6) is 0 Å². The first-order valence-corrected chi connectivity index (χ1v) is 9.92. The van der Waals surface area contributed by atoms with Gasteiger partial charge in [-0.2, -0.15) is 0 Å². The summed E-state index contributed by atoms with van der Waals surface area (Å²) >= 11 is 0. The van der Waals surface area contributed by atoms with Gasteiger partial charge < -0.3 is 16.0 Å². The first-order chi connectivity index (χ1) is 12.6. The van der Waals surface area contributed by atoms with Crippen molar-refractivity contribution >= 4 is 33.3 Å². The summed E-state index contributed by atoms with van der Waals surface area (Å²) in [5, 5.41) is 13.1. The predicted octanol–water partition coefficient (Wildman–Crippen LogP) is 2.26. The minimum absolute atomic E-state index is 0.0129. The lowest BCUT2D eigenvalue weighted by Crippen LogP contribution is -2.34. The molecule has 3 amide bonds. The van der Waals surface area contributed by atoms with Crippen molar-refractivity contribution in [3.63, 3.8) is 0 Å². The molecule has 0 saturated carbocycles. The average molecular weight is 390 g/mol. The van der Waals surface area contributed by atoms with Crippen LogP contribution < -0.4 is 21.1 Å². The average Bonchev–Trinajstić information content (AvgIpc) is 2.53. The van der Waals surface area contributed by atoms with E-state index in [-0.39, 0.29) is 17.8 Å². The first kappa shape index (κ1) is 20.4. The van der Waals surface area contributed by atoms with Gasteiger partial charge in [-0.05, 0) is 49.7 Å². The normalized spacial score (nSPS) is 11.1. The highest BCUT2D eigenvalue weighted by molar-refractivity contribution is 7.88. The maximum absolute atomic E-state index is 12.4. The quantitative estimate of drug-likeness (QED) is 0.602. The van der Waals surface area contributed by atoms with E-state index < -0.39 is 15.9 Å². The van der Waals surface area contributed by atoms with Crippen molar-refractivity contribution in [3.05, 3.63) is 59.7 Å². The molecular weight excluding hydrogens is 368 g/mol. The third-order valence-electron chi connectivity index (χ3n) is 3.36. The Morgan fingerprint density at radius 2 is 1.63 bits per heavy atom. The van der Waals surface area contributed by atoms with Gasteiger partial charge in [0.25, 0.3) is 5.91 Å². The van der Waals surface area contributed by atoms with E-state index in [0.717, 1.165) is 0 Å². The van der Waals surface area contributed by atoms with E-state index in [2.05, 4.69) is 16.0 Å². The smallest absolute Gasteiger partial charge is 0.319 e. The number of carbonyl (C=O) groups is 2. The molecule has 0 fully saturated rings. The van der Waals surface area contributed by atoms with Crippen molar-refractivity contribution in [2.45, 2.75) is 25.6 Å². The number of nitrogens with one attached hydrogen (secondary N) is 3. The number of urea groups is 1. The number of sulfonamides is 1. The molecule has 5 N–H and O–H groups in total. The Morgan fingerprint density at radius 1 is 1.00 bits per heavy atom. The summed E-state index contributed by atoms with van der Waals surface area (Å²) in [6, 6.07) is 12.5. The summed E-state index contributed by atoms with van der Waals surface area (Å²) in [4.78, 5) is 24.2. The topological polar surface area (TPSA) is 130 Å². The van der Waals surface area contributed by atoms with Gasteiger partial charge in [-0.15, -0.1) is 0 Å². The molecule has 2 aromatic rings. The van der Waals surface area contributed by atoms with Crippen molar-refractivity contribution < 1.29 is 18.0 Å². The molecule has 8 nitrogen and oxygen atoms in total. The van der Waals surface area contributed by atoms with E-state index >= 15 is 0 Å². The zero-order valence-electron chi connectivity index (χ0n) is 15.0. The Morgan fingerprint density at radius 3 is 2.26 bits per heavy atom. The Kier molecular flexibility index (Phi) is 6.54. The van der Waals surface area contributed by atoms with Crippen LogP contribution in [0.25, 0.3) is 0 Å². The molecule has 0 unspecified atom stereocenters. The van der Waals surface area contributed by atoms with Gasteiger partial charge in [0.05, 0.1) is 5.75 Å². The monoisotopic (exact) mass is 390 g/mol. The van der Waals surface area contributed by atoms with E-state index in [1.165, 1.54) is 0 Å². The number of rotatable bonds is 6. The second-order valence-electron chi connectivity index (χ2n) is 6.30. The lowest BCUT2D eigenvalue weighted by Gasteiger charge is -2.11. The van der Waals surface area contributed by atoms with E-state index in [1.807, 2.05) is 13.8 Å². The molecule has 27 heavy (non-hydrogen) atoms. The van der Waals surface area contributed by atoms with Crippen LogP contribution in [0.3, 0.4) is 0 Å². The summed E-state index contributed by atoms with van der Waals surface area (Å²) in [5.74, 6) is -0.711. The number of nitrogens with two attached hydrogens (primary N) is 1. The number of hydrogen-bond donors (Lipinski definition) is 4. The van der Waals surface area contributed by atoms with Crippen LogP contribution >= 0.6 is 0 Å². The van der Waals surface area contributed by atoms with Crippen molar-refractivity contribution in [1.82, 2.24) is 5.32 Å². The highest BCUT2D eigenvalue weighted by Crippen LogP contribution is 2.16. The second kappa shape index (κ2) is 8.65. The van der Waals surface area contributed by atoms with Crippen LogP contribution in [0.15, 0.2) is 48.5 Å². The maximum Gasteiger partial charge on any atom is 0.319 e. The zero-order chi connectivity index (χ0) is 20.0. The molecule has 9 heteroatoms. The summed E-state index contributed by atoms with van der Waals surface area (Å²) in [7, 11) is -3.66. The van der Waals surface area contributed by atoms with Crippen molar-refractivity contribution in [1.29, 1.82) is 0 Å². The Balaban J connectivity index is 2.09. The molecule has 144 valence electrons. The van der Waals surface area contributed by atoms with Gasteiger partial charge in [0, 0.05) is 23.0 Å². The lowest BCUT2D eigenvalue weighted by molar-refractivity contribution is 0.102. The molecule has 2 rings (SSSR count). The lowest BCUT2D eigenvalue weighted by atomic mass is 10.1. The van der Waals surface area contributed by atoms with Crippen molar-refractivity contribution in [2.24, 2.45) is 5.14 Å². The summed E-state index contributed by atoms with van der Waals surface area (Å²) < 4.78 is 22.4. The minimum atomic E-state index is -3.66. The largest absolute Gasteiger partial charge is 0.336 e. The van der Waals surface area contributed by atoms with Crippen LogP contribution in [0, 0.1) is 0 Å². The molecule has 0 aliphatic heterocycles. The molecule has 0 atom stereocenters. The Hall–Kier alpha value is -2.91. The predicted molar refractivity (Wildman–Crippen MR) is 105 cm³/mol. The highest BCUT2D eigenvalue weighted by atomic mass is 32.2. The molecule has 0 aliphatic rings. The van der Waals surface area contributed by atoms with Gasteiger partial charge in [0.1, 0.15) is 0 Å². The van der Waals surface area contributed by atoms with Gasteiger partial charge in [0.2, 0.25) is 10.0 Å². The fourth-order valence-electron chi connectivity index (χ4n) is 2.34. The van der Waals surface area contributed by atoms with Crippen LogP contribution in [-0.4, -0.2) is 26.4 Å². The van der Waals surface area contributed by atoms with E-state index in [1.54, 1.807) is 48.5 Å². The summed E-state index contributed by atoms with van der Waals surface area (Å²) in [5.41, 5.74) is 1.73. The van der Waals surface area contributed by atoms with Crippen LogP contribution in [0.2, 0.25) is 0 Å². The molecule has 0 bridgehead atoms. The number of hydrogen-bond acceptors (Lipinski definition) is 4. The van der Waals surface area contributed by atoms with Gasteiger partial charge >= 0.3 is 6.03 Å². The van der Waals surface area contributed by atoms with E-state index in [0.29, 0.717) is 22.5 Å². The Labute approximate surface area is 158 Å². The molecule has 0 radical (unpaired) electrons. The number of carbonyl (C=O) groups excluding carboxylic acids is 2. The van der Waals surface area contributed by atoms with E-state index in [9.17, 15) is 18.0 Å². The SMILES string of the molecule is CC(C)NC(=O)Nc1cccc(C(=O)Nc2cccc(CS(N)(=O)=O)c2)c1. The molecule has 0 saturated heterocycles. The summed E-state index contributed by atoms with van der Waals surface area (Å²) in [6.07, 6.45) is 0. The minimum Gasteiger partial charge on any atom is -0.336 e. The van der Waals surface area contributed by atoms with Crippen molar-refractivity contribution in [2.75, 3.05) is 10.6 Å². The van der Waals surface area contributed by atoms with E-state index in [4.69, 9.17) is 5.14 Å². The number of anilines is 2. The summed E-state index contributed by atoms with van der Waals surface area (Å²) in [6.45, 7) is 3.68. The highest BCUT2D eigenvalue weighted by Gasteiger charge is 2.10. The first-order valence-electron chi connectivity index (χ1n) is 8.21. The fraction of sp³-hybridized carbons (Fsp3) is 0.222. The van der Waals surface area contributed by atoms with Gasteiger partial charge in [-0.3, -0.25) is 4.79 Å². The van der Waals surface area contributed by atoms with Gasteiger partial charge in [-0.1, -0.05) is 18.2 Å². The number of benzene rings is 2. The Bertz CT molecular complexity index is 942. The van der Waals surface area contributed by atoms with Crippen molar-refractivity contribution in [3.8, 4) is 0 Å². The number of amides is 3. The second-order valence-corrected chi connectivity index (χ2v) is 7.91. The van der Waals surface area contributed by atoms with Gasteiger partial charge in [0.15, 0.2) is 0 Å². The molecule has 0 aliphatic carbocycles. The van der Waals surface area contributed by atoms with Crippen LogP contribution in [0.1, 0.15) is 29.8 Å². The maximum atomic E-state index is 12.4. The third kappa shape index (κ3) is 7.08. The molecule has 2 aromatic carbocycles. The number of primary sulfonamides is 1. The molecule has 0 heterocycles.